The second-order valence-corrected chi connectivity index (χ2v) is 3.37. The van der Waals surface area contributed by atoms with Gasteiger partial charge in [0.05, 0.1) is 6.61 Å². The maximum atomic E-state index is 8.75. The highest BCUT2D eigenvalue weighted by Crippen LogP contribution is 2.06. The van der Waals surface area contributed by atoms with Gasteiger partial charge < -0.3 is 10.0 Å². The van der Waals surface area contributed by atoms with E-state index in [9.17, 15) is 0 Å². The number of nitrogens with zero attached hydrogens (tertiary/aromatic N) is 2. The Hall–Kier alpha value is -0.120. The zero-order valence-corrected chi connectivity index (χ0v) is 11.5. The molecule has 0 saturated carbocycles. The van der Waals surface area contributed by atoms with Crippen LogP contribution in [0.4, 0.5) is 0 Å². The minimum atomic E-state index is 0.286. The molecular weight excluding hydrogens is 188 g/mol. The smallest absolute Gasteiger partial charge is 0.0558 e. The Labute approximate surface area is 96.1 Å². The Morgan fingerprint density at radius 1 is 1.13 bits per heavy atom. The molecule has 1 N–H and O–H groups in total. The van der Waals surface area contributed by atoms with Crippen LogP contribution in [-0.4, -0.2) is 60.8 Å². The molecule has 1 unspecified atom stereocenters. The summed E-state index contributed by atoms with van der Waals surface area (Å²) in [5, 5.41) is 8.75. The molecule has 0 aromatic rings. The van der Waals surface area contributed by atoms with Crippen molar-refractivity contribution < 1.29 is 5.11 Å². The van der Waals surface area contributed by atoms with Crippen LogP contribution in [0.15, 0.2) is 0 Å². The lowest BCUT2D eigenvalue weighted by molar-refractivity contribution is 0.0820. The highest BCUT2D eigenvalue weighted by Gasteiger charge is 2.19. The molecule has 0 aromatic carbocycles. The molecule has 0 spiro atoms. The molecule has 0 aromatic heterocycles. The standard InChI is InChI=1S/C8H18N2O.2C2H6/c1-8-7-9(2)3-4-10(8)5-6-11;2*1-2/h8,11H,3-7H2,1-2H3;2*1-2H3. The zero-order valence-electron chi connectivity index (χ0n) is 11.5. The fraction of sp³-hybridized carbons (Fsp3) is 1.00. The van der Waals surface area contributed by atoms with Crippen LogP contribution in [0, 0.1) is 0 Å². The topological polar surface area (TPSA) is 26.7 Å². The van der Waals surface area contributed by atoms with Crippen molar-refractivity contribution in [2.75, 3.05) is 39.8 Å². The second kappa shape index (κ2) is 12.0. The summed E-state index contributed by atoms with van der Waals surface area (Å²) in [5.41, 5.74) is 0. The van der Waals surface area contributed by atoms with E-state index in [1.165, 1.54) is 0 Å². The van der Waals surface area contributed by atoms with Crippen molar-refractivity contribution in [2.45, 2.75) is 40.7 Å². The molecule has 1 saturated heterocycles. The highest BCUT2D eigenvalue weighted by atomic mass is 16.3. The van der Waals surface area contributed by atoms with Crippen molar-refractivity contribution in [2.24, 2.45) is 0 Å². The van der Waals surface area contributed by atoms with Crippen molar-refractivity contribution in [3.8, 4) is 0 Å². The monoisotopic (exact) mass is 218 g/mol. The Kier molecular flexibility index (Phi) is 13.8. The van der Waals surface area contributed by atoms with Gasteiger partial charge in [-0.3, -0.25) is 4.90 Å². The van der Waals surface area contributed by atoms with Crippen LogP contribution in [0.5, 0.6) is 0 Å². The quantitative estimate of drug-likeness (QED) is 0.764. The lowest BCUT2D eigenvalue weighted by Crippen LogP contribution is -2.51. The van der Waals surface area contributed by atoms with Gasteiger partial charge in [-0.25, -0.2) is 0 Å². The van der Waals surface area contributed by atoms with Crippen LogP contribution in [0.25, 0.3) is 0 Å². The van der Waals surface area contributed by atoms with Gasteiger partial charge in [0.1, 0.15) is 0 Å². The van der Waals surface area contributed by atoms with E-state index in [0.29, 0.717) is 6.04 Å². The van der Waals surface area contributed by atoms with Gasteiger partial charge in [0.15, 0.2) is 0 Å². The summed E-state index contributed by atoms with van der Waals surface area (Å²) in [6.07, 6.45) is 0. The van der Waals surface area contributed by atoms with Gasteiger partial charge in [0.2, 0.25) is 0 Å². The molecular formula is C12H30N2O. The summed E-state index contributed by atoms with van der Waals surface area (Å²) in [4.78, 5) is 4.67. The second-order valence-electron chi connectivity index (χ2n) is 3.37. The lowest BCUT2D eigenvalue weighted by Gasteiger charge is -2.37. The molecule has 15 heavy (non-hydrogen) atoms. The predicted octanol–water partition coefficient (Wildman–Crippen LogP) is 1.67. The first-order chi connectivity index (χ1) is 7.24. The fourth-order valence-electron chi connectivity index (χ4n) is 1.64. The van der Waals surface area contributed by atoms with Crippen molar-refractivity contribution in [1.29, 1.82) is 0 Å². The average molecular weight is 218 g/mol. The zero-order chi connectivity index (χ0) is 12.3. The highest BCUT2D eigenvalue weighted by molar-refractivity contribution is 4.76. The number of aliphatic hydroxyl groups excluding tert-OH is 1. The van der Waals surface area contributed by atoms with E-state index in [4.69, 9.17) is 5.11 Å². The van der Waals surface area contributed by atoms with Gasteiger partial charge in [-0.2, -0.15) is 0 Å². The summed E-state index contributed by atoms with van der Waals surface area (Å²) in [5.74, 6) is 0. The van der Waals surface area contributed by atoms with Crippen LogP contribution in [-0.2, 0) is 0 Å². The van der Waals surface area contributed by atoms with Crippen molar-refractivity contribution in [1.82, 2.24) is 9.80 Å². The molecule has 1 fully saturated rings. The first-order valence-electron chi connectivity index (χ1n) is 6.27. The predicted molar refractivity (Wildman–Crippen MR) is 68.3 cm³/mol. The van der Waals surface area contributed by atoms with Gasteiger partial charge in [-0.05, 0) is 14.0 Å². The van der Waals surface area contributed by atoms with E-state index in [1.54, 1.807) is 0 Å². The average Bonchev–Trinajstić information content (AvgIpc) is 2.28. The Morgan fingerprint density at radius 2 is 1.67 bits per heavy atom. The van der Waals surface area contributed by atoms with E-state index in [-0.39, 0.29) is 6.61 Å². The normalized spacial score (nSPS) is 22.2. The molecule has 1 heterocycles. The fourth-order valence-corrected chi connectivity index (χ4v) is 1.64. The first-order valence-corrected chi connectivity index (χ1v) is 6.27. The van der Waals surface area contributed by atoms with Gasteiger partial charge in [-0.15, -0.1) is 0 Å². The van der Waals surface area contributed by atoms with Crippen molar-refractivity contribution >= 4 is 0 Å². The number of likely N-dealkylation sites (N-methyl/N-ethyl adjacent to an activating group) is 1. The molecule has 0 amide bonds. The van der Waals surface area contributed by atoms with E-state index >= 15 is 0 Å². The molecule has 0 aliphatic carbocycles. The Balaban J connectivity index is 0. The molecule has 0 bridgehead atoms. The van der Waals surface area contributed by atoms with Crippen molar-refractivity contribution in [3.63, 3.8) is 0 Å². The molecule has 1 aliphatic heterocycles. The number of aliphatic hydroxyl groups is 1. The number of rotatable bonds is 2. The van der Waals surface area contributed by atoms with Gasteiger partial charge in [-0.1, -0.05) is 27.7 Å². The van der Waals surface area contributed by atoms with Crippen LogP contribution in [0.2, 0.25) is 0 Å². The maximum Gasteiger partial charge on any atom is 0.0558 e. The number of hydrogen-bond donors (Lipinski definition) is 1. The molecule has 3 heteroatoms. The number of piperazine rings is 1. The van der Waals surface area contributed by atoms with Gasteiger partial charge in [0, 0.05) is 32.2 Å². The first kappa shape index (κ1) is 17.3. The van der Waals surface area contributed by atoms with Crippen LogP contribution in [0.3, 0.4) is 0 Å². The van der Waals surface area contributed by atoms with Crippen LogP contribution >= 0.6 is 0 Å². The summed E-state index contributed by atoms with van der Waals surface area (Å²) in [6, 6.07) is 0.598. The summed E-state index contributed by atoms with van der Waals surface area (Å²) < 4.78 is 0. The molecule has 94 valence electrons. The maximum absolute atomic E-state index is 8.75. The SMILES string of the molecule is CC.CC.CC1CN(C)CCN1CCO. The molecule has 3 nitrogen and oxygen atoms in total. The minimum Gasteiger partial charge on any atom is -0.395 e. The Morgan fingerprint density at radius 3 is 2.07 bits per heavy atom. The lowest BCUT2D eigenvalue weighted by atomic mass is 10.2. The molecule has 0 radical (unpaired) electrons. The Bertz CT molecular complexity index is 120. The van der Waals surface area contributed by atoms with Crippen LogP contribution in [0.1, 0.15) is 34.6 Å². The number of β-amino-alcohol motifs (C(OH)–C–C–N with tert-alkyl or cyclic N) is 1. The largest absolute Gasteiger partial charge is 0.395 e. The number of hydrogen-bond acceptors (Lipinski definition) is 3. The summed E-state index contributed by atoms with van der Waals surface area (Å²) in [7, 11) is 2.15. The van der Waals surface area contributed by atoms with E-state index in [0.717, 1.165) is 26.2 Å². The minimum absolute atomic E-state index is 0.286. The van der Waals surface area contributed by atoms with Gasteiger partial charge in [0.25, 0.3) is 0 Å². The van der Waals surface area contributed by atoms with Gasteiger partial charge >= 0.3 is 0 Å². The molecule has 1 aliphatic rings. The molecule has 1 rings (SSSR count). The summed E-state index contributed by atoms with van der Waals surface area (Å²) in [6.45, 7) is 14.7. The van der Waals surface area contributed by atoms with Crippen molar-refractivity contribution in [3.05, 3.63) is 0 Å². The van der Waals surface area contributed by atoms with E-state index < -0.39 is 0 Å². The third-order valence-corrected chi connectivity index (χ3v) is 2.36. The van der Waals surface area contributed by atoms with Crippen LogP contribution < -0.4 is 0 Å². The van der Waals surface area contributed by atoms with E-state index in [1.807, 2.05) is 27.7 Å². The summed E-state index contributed by atoms with van der Waals surface area (Å²) >= 11 is 0. The third kappa shape index (κ3) is 7.77. The third-order valence-electron chi connectivity index (χ3n) is 2.36. The van der Waals surface area contributed by atoms with E-state index in [2.05, 4.69) is 23.8 Å². The molecule has 1 atom stereocenters.